The van der Waals surface area contributed by atoms with Gasteiger partial charge in [-0.05, 0) is 22.4 Å². The summed E-state index contributed by atoms with van der Waals surface area (Å²) in [6.45, 7) is 2.49. The predicted octanol–water partition coefficient (Wildman–Crippen LogP) is 2.05. The van der Waals surface area contributed by atoms with Crippen molar-refractivity contribution in [1.29, 1.82) is 0 Å². The van der Waals surface area contributed by atoms with Crippen LogP contribution in [-0.4, -0.2) is 10.2 Å². The zero-order valence-electron chi connectivity index (χ0n) is 7.15. The van der Waals surface area contributed by atoms with Gasteiger partial charge in [-0.1, -0.05) is 5.10 Å². The van der Waals surface area contributed by atoms with E-state index >= 15 is 0 Å². The Labute approximate surface area is 79.6 Å². The Morgan fingerprint density at radius 2 is 2.46 bits per heavy atom. The molecule has 0 fully saturated rings. The lowest BCUT2D eigenvalue weighted by Crippen LogP contribution is -1.97. The fourth-order valence-electron chi connectivity index (χ4n) is 0.939. The summed E-state index contributed by atoms with van der Waals surface area (Å²) in [5, 5.41) is 14.7. The predicted molar refractivity (Wildman–Crippen MR) is 50.7 cm³/mol. The van der Waals surface area contributed by atoms with Gasteiger partial charge in [-0.3, -0.25) is 0 Å². The van der Waals surface area contributed by atoms with Crippen LogP contribution in [-0.2, 0) is 6.54 Å². The van der Waals surface area contributed by atoms with Crippen LogP contribution in [0.1, 0.15) is 11.5 Å². The largest absolute Gasteiger partial charge is 0.408 e. The molecule has 1 N–H and O–H groups in total. The Kier molecular flexibility index (Phi) is 2.27. The normalized spacial score (nSPS) is 10.2. The third-order valence-corrected chi connectivity index (χ3v) is 2.28. The zero-order valence-corrected chi connectivity index (χ0v) is 7.97. The molecule has 0 bridgehead atoms. The van der Waals surface area contributed by atoms with Crippen LogP contribution in [0.4, 0.5) is 6.01 Å². The van der Waals surface area contributed by atoms with Crippen LogP contribution in [0.25, 0.3) is 0 Å². The van der Waals surface area contributed by atoms with Gasteiger partial charge in [0.25, 0.3) is 0 Å². The molecule has 0 aliphatic heterocycles. The van der Waals surface area contributed by atoms with Crippen molar-refractivity contribution >= 4 is 17.4 Å². The Hall–Kier alpha value is -1.36. The van der Waals surface area contributed by atoms with E-state index in [1.165, 1.54) is 5.56 Å². The van der Waals surface area contributed by atoms with E-state index in [0.29, 0.717) is 11.9 Å². The van der Waals surface area contributed by atoms with E-state index in [2.05, 4.69) is 27.0 Å². The topological polar surface area (TPSA) is 51.0 Å². The zero-order chi connectivity index (χ0) is 9.10. The average Bonchev–Trinajstić information content (AvgIpc) is 2.71. The SMILES string of the molecule is Cc1nnc(NCc2ccsc2)o1. The van der Waals surface area contributed by atoms with Gasteiger partial charge in [0.05, 0.1) is 0 Å². The average molecular weight is 195 g/mol. The molecular weight excluding hydrogens is 186 g/mol. The van der Waals surface area contributed by atoms with Crippen LogP contribution in [0.3, 0.4) is 0 Å². The molecule has 13 heavy (non-hydrogen) atoms. The molecule has 2 heterocycles. The highest BCUT2D eigenvalue weighted by Crippen LogP contribution is 2.09. The molecule has 0 aliphatic carbocycles. The van der Waals surface area contributed by atoms with Crippen molar-refractivity contribution < 1.29 is 4.42 Å². The summed E-state index contributed by atoms with van der Waals surface area (Å²) in [7, 11) is 0. The maximum absolute atomic E-state index is 5.15. The van der Waals surface area contributed by atoms with Crippen molar-refractivity contribution in [1.82, 2.24) is 10.2 Å². The molecule has 2 aromatic rings. The van der Waals surface area contributed by atoms with Gasteiger partial charge in [0.15, 0.2) is 0 Å². The first-order valence-electron chi connectivity index (χ1n) is 3.89. The van der Waals surface area contributed by atoms with Crippen LogP contribution >= 0.6 is 11.3 Å². The molecule has 0 atom stereocenters. The van der Waals surface area contributed by atoms with Crippen LogP contribution in [0.2, 0.25) is 0 Å². The number of thiophene rings is 1. The molecule has 2 aromatic heterocycles. The molecular formula is C8H9N3OS. The van der Waals surface area contributed by atoms with Gasteiger partial charge in [0.2, 0.25) is 5.89 Å². The highest BCUT2D eigenvalue weighted by molar-refractivity contribution is 7.07. The fourth-order valence-corrected chi connectivity index (χ4v) is 1.61. The third kappa shape index (κ3) is 2.06. The standard InChI is InChI=1S/C8H9N3OS/c1-6-10-11-8(12-6)9-4-7-2-3-13-5-7/h2-3,5H,4H2,1H3,(H,9,11). The van der Waals surface area contributed by atoms with Crippen LogP contribution in [0, 0.1) is 6.92 Å². The first kappa shape index (κ1) is 8.25. The first-order valence-corrected chi connectivity index (χ1v) is 4.84. The van der Waals surface area contributed by atoms with Crippen LogP contribution < -0.4 is 5.32 Å². The van der Waals surface area contributed by atoms with Gasteiger partial charge in [-0.25, -0.2) is 0 Å². The highest BCUT2D eigenvalue weighted by atomic mass is 32.1. The molecule has 0 aliphatic rings. The number of rotatable bonds is 3. The van der Waals surface area contributed by atoms with E-state index in [-0.39, 0.29) is 0 Å². The van der Waals surface area contributed by atoms with Gasteiger partial charge in [0.1, 0.15) is 0 Å². The smallest absolute Gasteiger partial charge is 0.315 e. The van der Waals surface area contributed by atoms with Crippen molar-refractivity contribution in [2.24, 2.45) is 0 Å². The van der Waals surface area contributed by atoms with Crippen molar-refractivity contribution in [3.8, 4) is 0 Å². The van der Waals surface area contributed by atoms with Gasteiger partial charge < -0.3 is 9.73 Å². The molecule has 0 saturated carbocycles. The Morgan fingerprint density at radius 3 is 3.08 bits per heavy atom. The molecule has 68 valence electrons. The van der Waals surface area contributed by atoms with E-state index in [9.17, 15) is 0 Å². The maximum atomic E-state index is 5.15. The van der Waals surface area contributed by atoms with E-state index in [4.69, 9.17) is 4.42 Å². The lowest BCUT2D eigenvalue weighted by atomic mass is 10.3. The summed E-state index contributed by atoms with van der Waals surface area (Å²) >= 11 is 1.67. The van der Waals surface area contributed by atoms with Crippen molar-refractivity contribution in [2.45, 2.75) is 13.5 Å². The van der Waals surface area contributed by atoms with Crippen LogP contribution in [0.15, 0.2) is 21.2 Å². The van der Waals surface area contributed by atoms with Gasteiger partial charge >= 0.3 is 6.01 Å². The Bertz CT molecular complexity index is 368. The molecule has 0 amide bonds. The van der Waals surface area contributed by atoms with E-state index < -0.39 is 0 Å². The number of hydrogen-bond donors (Lipinski definition) is 1. The highest BCUT2D eigenvalue weighted by Gasteiger charge is 2.00. The molecule has 0 unspecified atom stereocenters. The van der Waals surface area contributed by atoms with E-state index in [0.717, 1.165) is 6.54 Å². The molecule has 0 spiro atoms. The van der Waals surface area contributed by atoms with E-state index in [1.807, 2.05) is 5.38 Å². The molecule has 0 aromatic carbocycles. The Balaban J connectivity index is 1.93. The number of nitrogens with zero attached hydrogens (tertiary/aromatic N) is 2. The summed E-state index contributed by atoms with van der Waals surface area (Å²) < 4.78 is 5.15. The lowest BCUT2D eigenvalue weighted by Gasteiger charge is -1.96. The molecule has 0 radical (unpaired) electrons. The molecule has 2 rings (SSSR count). The number of anilines is 1. The maximum Gasteiger partial charge on any atom is 0.315 e. The second kappa shape index (κ2) is 3.57. The van der Waals surface area contributed by atoms with Crippen molar-refractivity contribution in [3.63, 3.8) is 0 Å². The minimum absolute atomic E-state index is 0.476. The monoisotopic (exact) mass is 195 g/mol. The summed E-state index contributed by atoms with van der Waals surface area (Å²) in [4.78, 5) is 0. The summed E-state index contributed by atoms with van der Waals surface area (Å²) in [6, 6.07) is 2.53. The van der Waals surface area contributed by atoms with Crippen molar-refractivity contribution in [2.75, 3.05) is 5.32 Å². The summed E-state index contributed by atoms with van der Waals surface area (Å²) in [6.07, 6.45) is 0. The third-order valence-electron chi connectivity index (χ3n) is 1.55. The summed E-state index contributed by atoms with van der Waals surface area (Å²) in [5.74, 6) is 0.577. The second-order valence-electron chi connectivity index (χ2n) is 2.61. The van der Waals surface area contributed by atoms with Crippen molar-refractivity contribution in [3.05, 3.63) is 28.3 Å². The molecule has 5 heteroatoms. The molecule has 4 nitrogen and oxygen atoms in total. The van der Waals surface area contributed by atoms with Gasteiger partial charge in [-0.15, -0.1) is 5.10 Å². The Morgan fingerprint density at radius 1 is 1.54 bits per heavy atom. The number of hydrogen-bond acceptors (Lipinski definition) is 5. The lowest BCUT2D eigenvalue weighted by molar-refractivity contribution is 0.530. The minimum atomic E-state index is 0.476. The number of aromatic nitrogens is 2. The van der Waals surface area contributed by atoms with E-state index in [1.54, 1.807) is 18.3 Å². The molecule has 0 saturated heterocycles. The van der Waals surface area contributed by atoms with Gasteiger partial charge in [0, 0.05) is 13.5 Å². The minimum Gasteiger partial charge on any atom is -0.408 e. The number of aryl methyl sites for hydroxylation is 1. The number of nitrogens with one attached hydrogen (secondary N) is 1. The first-order chi connectivity index (χ1) is 6.34. The second-order valence-corrected chi connectivity index (χ2v) is 3.39. The quantitative estimate of drug-likeness (QED) is 0.814. The van der Waals surface area contributed by atoms with Crippen LogP contribution in [0.5, 0.6) is 0 Å². The summed E-state index contributed by atoms with van der Waals surface area (Å²) in [5.41, 5.74) is 1.22. The fraction of sp³-hybridized carbons (Fsp3) is 0.250. The van der Waals surface area contributed by atoms with Gasteiger partial charge in [-0.2, -0.15) is 11.3 Å².